The van der Waals surface area contributed by atoms with E-state index in [-0.39, 0.29) is 18.4 Å². The second-order valence-corrected chi connectivity index (χ2v) is 7.13. The predicted octanol–water partition coefficient (Wildman–Crippen LogP) is 4.07. The molecule has 3 aromatic rings. The molecule has 2 heterocycles. The van der Waals surface area contributed by atoms with Gasteiger partial charge in [-0.1, -0.05) is 29.7 Å². The van der Waals surface area contributed by atoms with Crippen molar-refractivity contribution < 1.29 is 14.3 Å². The number of rotatable bonds is 6. The zero-order valence-corrected chi connectivity index (χ0v) is 17.0. The molecule has 4 rings (SSSR count). The van der Waals surface area contributed by atoms with E-state index < -0.39 is 0 Å². The zero-order chi connectivity index (χ0) is 21.1. The fraction of sp³-hybridized carbons (Fsp3) is 0.250. The van der Waals surface area contributed by atoms with Gasteiger partial charge in [0.2, 0.25) is 5.91 Å². The maximum absolute atomic E-state index is 12.5. The van der Waals surface area contributed by atoms with Crippen LogP contribution in [0.3, 0.4) is 0 Å². The van der Waals surface area contributed by atoms with E-state index in [2.05, 4.69) is 16.3 Å². The average molecular weight is 401 g/mol. The Morgan fingerprint density at radius 1 is 1.20 bits per heavy atom. The number of fused-ring (bicyclic) bond motifs is 1. The van der Waals surface area contributed by atoms with Gasteiger partial charge in [0.1, 0.15) is 12.4 Å². The van der Waals surface area contributed by atoms with E-state index in [4.69, 9.17) is 15.9 Å². The lowest BCUT2D eigenvalue weighted by atomic mass is 9.87. The number of aryl methyl sites for hydroxylation is 1. The third-order valence-electron chi connectivity index (χ3n) is 5.08. The standard InChI is InChI=1S/C24H23N3O3/c1-4-12-30-21-11-8-17(13-22(21)29-5-2)19-14-23(28)26-24-20(19)15-25-27(24)18-9-6-16(3)7-10-18/h1,6-11,13,15,19H,5,12,14H2,2-3H3,(H,26,28). The van der Waals surface area contributed by atoms with E-state index in [0.717, 1.165) is 22.4 Å². The van der Waals surface area contributed by atoms with Crippen molar-refractivity contribution >= 4 is 11.7 Å². The van der Waals surface area contributed by atoms with Crippen LogP contribution >= 0.6 is 0 Å². The summed E-state index contributed by atoms with van der Waals surface area (Å²) in [5, 5.41) is 7.53. The quantitative estimate of drug-likeness (QED) is 0.633. The highest BCUT2D eigenvalue weighted by atomic mass is 16.5. The highest BCUT2D eigenvalue weighted by molar-refractivity contribution is 5.94. The fourth-order valence-corrected chi connectivity index (χ4v) is 3.65. The van der Waals surface area contributed by atoms with Crippen LogP contribution in [0.2, 0.25) is 0 Å². The maximum Gasteiger partial charge on any atom is 0.226 e. The monoisotopic (exact) mass is 401 g/mol. The number of benzene rings is 2. The van der Waals surface area contributed by atoms with Gasteiger partial charge in [-0.2, -0.15) is 5.10 Å². The normalized spacial score (nSPS) is 15.1. The number of amides is 1. The van der Waals surface area contributed by atoms with Crippen LogP contribution in [0.4, 0.5) is 5.82 Å². The molecule has 2 aromatic carbocycles. The largest absolute Gasteiger partial charge is 0.490 e. The summed E-state index contributed by atoms with van der Waals surface area (Å²) in [6, 6.07) is 13.7. The van der Waals surface area contributed by atoms with Gasteiger partial charge in [-0.05, 0) is 43.7 Å². The number of terminal acetylenes is 1. The topological polar surface area (TPSA) is 65.4 Å². The predicted molar refractivity (Wildman–Crippen MR) is 115 cm³/mol. The summed E-state index contributed by atoms with van der Waals surface area (Å²) < 4.78 is 13.1. The van der Waals surface area contributed by atoms with Crippen LogP contribution in [-0.4, -0.2) is 28.9 Å². The Hall–Kier alpha value is -3.72. The number of ether oxygens (including phenoxy) is 2. The van der Waals surface area contributed by atoms with Gasteiger partial charge in [-0.25, -0.2) is 4.68 Å². The van der Waals surface area contributed by atoms with Crippen molar-refractivity contribution in [3.63, 3.8) is 0 Å². The summed E-state index contributed by atoms with van der Waals surface area (Å²) in [4.78, 5) is 12.5. The van der Waals surface area contributed by atoms with E-state index in [1.165, 1.54) is 0 Å². The molecule has 0 saturated carbocycles. The van der Waals surface area contributed by atoms with Crippen molar-refractivity contribution in [3.05, 3.63) is 65.4 Å². The van der Waals surface area contributed by atoms with E-state index in [0.29, 0.717) is 30.3 Å². The molecular formula is C24H23N3O3. The zero-order valence-electron chi connectivity index (χ0n) is 17.0. The van der Waals surface area contributed by atoms with Crippen LogP contribution in [0.1, 0.15) is 36.0 Å². The molecule has 0 aliphatic carbocycles. The molecule has 0 spiro atoms. The second kappa shape index (κ2) is 8.34. The molecular weight excluding hydrogens is 378 g/mol. The van der Waals surface area contributed by atoms with Crippen LogP contribution in [0, 0.1) is 19.3 Å². The average Bonchev–Trinajstić information content (AvgIpc) is 3.16. The summed E-state index contributed by atoms with van der Waals surface area (Å²) in [6.45, 7) is 4.61. The summed E-state index contributed by atoms with van der Waals surface area (Å²) in [5.41, 5.74) is 3.99. The molecule has 30 heavy (non-hydrogen) atoms. The fourth-order valence-electron chi connectivity index (χ4n) is 3.65. The van der Waals surface area contributed by atoms with Gasteiger partial charge in [0.15, 0.2) is 11.5 Å². The van der Waals surface area contributed by atoms with E-state index in [1.54, 1.807) is 4.68 Å². The molecule has 1 unspecified atom stereocenters. The Morgan fingerprint density at radius 3 is 2.73 bits per heavy atom. The third-order valence-corrected chi connectivity index (χ3v) is 5.08. The van der Waals surface area contributed by atoms with E-state index in [9.17, 15) is 4.79 Å². The summed E-state index contributed by atoms with van der Waals surface area (Å²) in [7, 11) is 0. The highest BCUT2D eigenvalue weighted by Crippen LogP contribution is 2.40. The number of nitrogens with one attached hydrogen (secondary N) is 1. The number of aromatic nitrogens is 2. The first-order valence-electron chi connectivity index (χ1n) is 9.88. The number of carbonyl (C=O) groups is 1. The Kier molecular flexibility index (Phi) is 5.44. The van der Waals surface area contributed by atoms with E-state index in [1.807, 2.05) is 62.5 Å². The molecule has 1 N–H and O–H groups in total. The first kappa shape index (κ1) is 19.6. The van der Waals surface area contributed by atoms with Crippen molar-refractivity contribution in [2.24, 2.45) is 0 Å². The number of hydrogen-bond donors (Lipinski definition) is 1. The number of carbonyl (C=O) groups excluding carboxylic acids is 1. The SMILES string of the molecule is C#CCOc1ccc(C2CC(=O)Nc3c2cnn3-c2ccc(C)cc2)cc1OCC. The van der Waals surface area contributed by atoms with Gasteiger partial charge in [0.25, 0.3) is 0 Å². The van der Waals surface area contributed by atoms with Crippen LogP contribution in [0.15, 0.2) is 48.7 Å². The first-order chi connectivity index (χ1) is 14.6. The molecule has 0 bridgehead atoms. The van der Waals surface area contributed by atoms with E-state index >= 15 is 0 Å². The molecule has 152 valence electrons. The first-order valence-corrected chi connectivity index (χ1v) is 9.88. The lowest BCUT2D eigenvalue weighted by Crippen LogP contribution is -2.24. The summed E-state index contributed by atoms with van der Waals surface area (Å²) in [6.07, 6.45) is 7.46. The second-order valence-electron chi connectivity index (χ2n) is 7.13. The van der Waals surface area contributed by atoms with Crippen molar-refractivity contribution in [1.82, 2.24) is 9.78 Å². The molecule has 0 saturated heterocycles. The van der Waals surface area contributed by atoms with Gasteiger partial charge in [-0.3, -0.25) is 4.79 Å². The maximum atomic E-state index is 12.5. The molecule has 1 amide bonds. The van der Waals surface area contributed by atoms with Gasteiger partial charge >= 0.3 is 0 Å². The van der Waals surface area contributed by atoms with Crippen LogP contribution in [0.5, 0.6) is 11.5 Å². The van der Waals surface area contributed by atoms with Crippen LogP contribution in [-0.2, 0) is 4.79 Å². The Morgan fingerprint density at radius 2 is 2.00 bits per heavy atom. The van der Waals surface area contributed by atoms with Gasteiger partial charge in [-0.15, -0.1) is 6.42 Å². The summed E-state index contributed by atoms with van der Waals surface area (Å²) >= 11 is 0. The van der Waals surface area contributed by atoms with Crippen LogP contribution < -0.4 is 14.8 Å². The molecule has 1 aliphatic heterocycles. The van der Waals surface area contributed by atoms with Gasteiger partial charge in [0.05, 0.1) is 18.5 Å². The minimum atomic E-state index is -0.131. The number of anilines is 1. The van der Waals surface area contributed by atoms with Crippen molar-refractivity contribution in [3.8, 4) is 29.5 Å². The molecule has 0 fully saturated rings. The molecule has 6 nitrogen and oxygen atoms in total. The molecule has 1 aliphatic rings. The summed E-state index contributed by atoms with van der Waals surface area (Å²) in [5.74, 6) is 4.19. The smallest absolute Gasteiger partial charge is 0.226 e. The molecule has 0 radical (unpaired) electrons. The minimum Gasteiger partial charge on any atom is -0.490 e. The highest BCUT2D eigenvalue weighted by Gasteiger charge is 2.31. The number of nitrogens with zero attached hydrogens (tertiary/aromatic N) is 2. The van der Waals surface area contributed by atoms with Crippen molar-refractivity contribution in [1.29, 1.82) is 0 Å². The number of hydrogen-bond acceptors (Lipinski definition) is 4. The Balaban J connectivity index is 1.73. The molecule has 1 atom stereocenters. The molecule has 1 aromatic heterocycles. The van der Waals surface area contributed by atoms with Crippen molar-refractivity contribution in [2.75, 3.05) is 18.5 Å². The van der Waals surface area contributed by atoms with Crippen LogP contribution in [0.25, 0.3) is 5.69 Å². The van der Waals surface area contributed by atoms with Crippen molar-refractivity contribution in [2.45, 2.75) is 26.2 Å². The van der Waals surface area contributed by atoms with Gasteiger partial charge in [0, 0.05) is 17.9 Å². The Bertz CT molecular complexity index is 1110. The Labute approximate surface area is 175 Å². The minimum absolute atomic E-state index is 0.0491. The van der Waals surface area contributed by atoms with Gasteiger partial charge < -0.3 is 14.8 Å². The lowest BCUT2D eigenvalue weighted by Gasteiger charge is -2.24. The lowest BCUT2D eigenvalue weighted by molar-refractivity contribution is -0.116. The molecule has 6 heteroatoms. The third kappa shape index (κ3) is 3.74.